The molecule has 2 aliphatic heterocycles. The van der Waals surface area contributed by atoms with Crippen LogP contribution in [0.25, 0.3) is 0 Å². The zero-order valence-electron chi connectivity index (χ0n) is 26.0. The summed E-state index contributed by atoms with van der Waals surface area (Å²) in [7, 11) is -3.64. The molecule has 0 unspecified atom stereocenters. The number of rotatable bonds is 6. The number of carbonyl (C=O) groups is 5. The van der Waals surface area contributed by atoms with Gasteiger partial charge in [-0.3, -0.25) is 24.0 Å². The molecule has 4 rings (SSSR count). The van der Waals surface area contributed by atoms with E-state index in [0.29, 0.717) is 32.2 Å². The van der Waals surface area contributed by atoms with Gasteiger partial charge in [-0.1, -0.05) is 39.5 Å². The Bertz CT molecular complexity index is 1200. The van der Waals surface area contributed by atoms with Crippen molar-refractivity contribution in [2.45, 2.75) is 117 Å². The Morgan fingerprint density at radius 3 is 2.24 bits per heavy atom. The summed E-state index contributed by atoms with van der Waals surface area (Å²) in [5.74, 6) is -4.46. The van der Waals surface area contributed by atoms with Crippen molar-refractivity contribution in [3.05, 3.63) is 0 Å². The first kappa shape index (κ1) is 32.8. The summed E-state index contributed by atoms with van der Waals surface area (Å²) < 4.78 is 31.7. The molecule has 9 nitrogen and oxygen atoms in total. The second-order valence-corrected chi connectivity index (χ2v) is 17.1. The summed E-state index contributed by atoms with van der Waals surface area (Å²) in [6.07, 6.45) is 5.46. The number of hydrogen-bond acceptors (Lipinski definition) is 8. The number of hydrogen-bond donors (Lipinski definition) is 0. The van der Waals surface area contributed by atoms with Crippen LogP contribution in [0.5, 0.6) is 0 Å². The summed E-state index contributed by atoms with van der Waals surface area (Å²) in [6, 6.07) is -0.803. The highest BCUT2D eigenvalue weighted by atomic mass is 32.2. The number of fused-ring (bicyclic) bond motifs is 3. The minimum absolute atomic E-state index is 0.0712. The molecular formula is C32H49NO8S. The molecule has 4 fully saturated rings. The van der Waals surface area contributed by atoms with Gasteiger partial charge in [-0.2, -0.15) is 0 Å². The van der Waals surface area contributed by atoms with Crippen molar-refractivity contribution < 1.29 is 37.1 Å². The van der Waals surface area contributed by atoms with Crippen molar-refractivity contribution in [3.63, 3.8) is 0 Å². The molecule has 1 amide bonds. The quantitative estimate of drug-likeness (QED) is 0.326. The van der Waals surface area contributed by atoms with Crippen molar-refractivity contribution in [1.29, 1.82) is 0 Å². The van der Waals surface area contributed by atoms with Gasteiger partial charge in [0, 0.05) is 25.3 Å². The molecule has 5 atom stereocenters. The SMILES string of the molecule is CC(C)(C)OC(=O)C[C@H]1CS(=O)(=O)CCCCCCC[C@@H](C(=O)C(=O)CC2CC2)CC(=O)[C@@H]2[C@@H]3[C@H](CN2C1=O)C3(C)C. The molecule has 2 saturated heterocycles. The number of ether oxygens (including phenoxy) is 1. The zero-order chi connectivity index (χ0) is 31.0. The van der Waals surface area contributed by atoms with E-state index in [0.717, 1.165) is 25.7 Å². The molecule has 10 heteroatoms. The predicted octanol–water partition coefficient (Wildman–Crippen LogP) is 4.10. The molecule has 0 bridgehead atoms. The first-order valence-corrected chi connectivity index (χ1v) is 17.6. The van der Waals surface area contributed by atoms with Crippen molar-refractivity contribution in [2.24, 2.45) is 35.0 Å². The maximum atomic E-state index is 14.1. The summed E-state index contributed by atoms with van der Waals surface area (Å²) >= 11 is 0. The Morgan fingerprint density at radius 1 is 0.952 bits per heavy atom. The molecule has 2 aliphatic carbocycles. The van der Waals surface area contributed by atoms with Crippen LogP contribution in [0, 0.1) is 35.0 Å². The van der Waals surface area contributed by atoms with Gasteiger partial charge in [0.15, 0.2) is 21.4 Å². The van der Waals surface area contributed by atoms with E-state index in [4.69, 9.17) is 4.74 Å². The molecule has 2 saturated carbocycles. The minimum atomic E-state index is -3.64. The minimum Gasteiger partial charge on any atom is -0.460 e. The predicted molar refractivity (Wildman–Crippen MR) is 157 cm³/mol. The molecule has 0 aromatic heterocycles. The number of carbonyl (C=O) groups excluding carboxylic acids is 5. The van der Waals surface area contributed by atoms with Crippen LogP contribution >= 0.6 is 0 Å². The van der Waals surface area contributed by atoms with E-state index in [-0.39, 0.29) is 54.0 Å². The third-order valence-electron chi connectivity index (χ3n) is 9.73. The van der Waals surface area contributed by atoms with E-state index in [1.807, 2.05) is 0 Å². The van der Waals surface area contributed by atoms with Gasteiger partial charge >= 0.3 is 5.97 Å². The normalized spacial score (nSPS) is 32.0. The van der Waals surface area contributed by atoms with E-state index in [1.165, 1.54) is 4.90 Å². The van der Waals surface area contributed by atoms with Gasteiger partial charge in [-0.25, -0.2) is 8.42 Å². The number of esters is 1. The van der Waals surface area contributed by atoms with Gasteiger partial charge in [0.1, 0.15) is 5.60 Å². The monoisotopic (exact) mass is 607 g/mol. The van der Waals surface area contributed by atoms with E-state index in [1.54, 1.807) is 20.8 Å². The summed E-state index contributed by atoms with van der Waals surface area (Å²) in [5.41, 5.74) is -0.973. The van der Waals surface area contributed by atoms with Crippen LogP contribution in [0.15, 0.2) is 0 Å². The molecule has 42 heavy (non-hydrogen) atoms. The number of sulfone groups is 1. The highest BCUT2D eigenvalue weighted by Gasteiger charge is 2.69. The molecule has 0 N–H and O–H groups in total. The Balaban J connectivity index is 1.62. The first-order chi connectivity index (χ1) is 19.5. The molecule has 236 valence electrons. The lowest BCUT2D eigenvalue weighted by Crippen LogP contribution is -2.50. The van der Waals surface area contributed by atoms with Crippen molar-refractivity contribution >= 4 is 39.1 Å². The zero-order valence-corrected chi connectivity index (χ0v) is 26.8. The van der Waals surface area contributed by atoms with E-state index >= 15 is 0 Å². The lowest BCUT2D eigenvalue weighted by Gasteiger charge is -2.33. The molecule has 0 aromatic carbocycles. The summed E-state index contributed by atoms with van der Waals surface area (Å²) in [6.45, 7) is 9.54. The van der Waals surface area contributed by atoms with Crippen molar-refractivity contribution in [2.75, 3.05) is 18.1 Å². The average molecular weight is 608 g/mol. The van der Waals surface area contributed by atoms with Crippen LogP contribution in [0.2, 0.25) is 0 Å². The van der Waals surface area contributed by atoms with Crippen LogP contribution in [-0.4, -0.2) is 72.2 Å². The fraction of sp³-hybridized carbons (Fsp3) is 0.844. The number of Topliss-reactive ketones (excluding diaryl/α,β-unsaturated/α-hetero) is 3. The number of ketones is 3. The molecule has 0 radical (unpaired) electrons. The smallest absolute Gasteiger partial charge is 0.307 e. The van der Waals surface area contributed by atoms with Gasteiger partial charge in [0.2, 0.25) is 11.7 Å². The van der Waals surface area contributed by atoms with Gasteiger partial charge in [0.05, 0.1) is 29.9 Å². The topological polar surface area (TPSA) is 132 Å². The maximum absolute atomic E-state index is 14.1. The standard InChI is InChI=1S/C32H49NO8S/c1-31(2,3)41-26(36)17-22-19-42(39,40)14-10-8-6-7-9-11-21(29(37)25(35)15-20-12-13-20)16-24(34)28-27-23(32(27,4)5)18-33(28)30(22)38/h20-23,27-28H,6-19H2,1-5H3/t21-,22+,23+,27+,28-/m1/s1. The third kappa shape index (κ3) is 8.08. The van der Waals surface area contributed by atoms with Crippen molar-refractivity contribution in [3.8, 4) is 0 Å². The maximum Gasteiger partial charge on any atom is 0.307 e. The third-order valence-corrected chi connectivity index (χ3v) is 11.6. The van der Waals surface area contributed by atoms with E-state index in [9.17, 15) is 32.4 Å². The van der Waals surface area contributed by atoms with Gasteiger partial charge in [-0.05, 0) is 69.6 Å². The number of nitrogens with zero attached hydrogens (tertiary/aromatic N) is 1. The van der Waals surface area contributed by atoms with Gasteiger partial charge in [0.25, 0.3) is 0 Å². The lowest BCUT2D eigenvalue weighted by atomic mass is 9.85. The van der Waals surface area contributed by atoms with Gasteiger partial charge < -0.3 is 9.64 Å². The highest BCUT2D eigenvalue weighted by molar-refractivity contribution is 7.91. The van der Waals surface area contributed by atoms with Crippen LogP contribution in [0.4, 0.5) is 0 Å². The second-order valence-electron chi connectivity index (χ2n) is 14.8. The first-order valence-electron chi connectivity index (χ1n) is 15.8. The molecule has 4 aliphatic rings. The molecule has 0 aromatic rings. The van der Waals surface area contributed by atoms with Crippen LogP contribution < -0.4 is 0 Å². The Hall–Kier alpha value is -2.10. The number of piperidine rings is 1. The Kier molecular flexibility index (Phi) is 9.75. The van der Waals surface area contributed by atoms with Crippen molar-refractivity contribution in [1.82, 2.24) is 4.90 Å². The molecule has 0 spiro atoms. The fourth-order valence-electron chi connectivity index (χ4n) is 7.15. The largest absolute Gasteiger partial charge is 0.460 e. The summed E-state index contributed by atoms with van der Waals surface area (Å²) in [4.78, 5) is 68.4. The highest BCUT2D eigenvalue weighted by Crippen LogP contribution is 2.65. The Morgan fingerprint density at radius 2 is 1.60 bits per heavy atom. The average Bonchev–Trinajstić information content (AvgIpc) is 3.71. The summed E-state index contributed by atoms with van der Waals surface area (Å²) in [5, 5.41) is 0. The lowest BCUT2D eigenvalue weighted by molar-refractivity contribution is -0.158. The second kappa shape index (κ2) is 12.5. The molecule has 2 heterocycles. The fourth-order valence-corrected chi connectivity index (χ4v) is 8.84. The number of amides is 1. The van der Waals surface area contributed by atoms with Crippen LogP contribution in [0.1, 0.15) is 105 Å². The van der Waals surface area contributed by atoms with Gasteiger partial charge in [-0.15, -0.1) is 0 Å². The van der Waals surface area contributed by atoms with Crippen LogP contribution in [0.3, 0.4) is 0 Å². The van der Waals surface area contributed by atoms with E-state index < -0.39 is 62.5 Å². The van der Waals surface area contributed by atoms with E-state index in [2.05, 4.69) is 13.8 Å². The van der Waals surface area contributed by atoms with Crippen LogP contribution in [-0.2, 0) is 38.5 Å². The molecular weight excluding hydrogens is 558 g/mol. The Labute approximate surface area is 250 Å².